The van der Waals surface area contributed by atoms with Gasteiger partial charge in [-0.15, -0.1) is 0 Å². The first-order chi connectivity index (χ1) is 10.2. The summed E-state index contributed by atoms with van der Waals surface area (Å²) in [7, 11) is 1.97. The molecule has 0 amide bonds. The Morgan fingerprint density at radius 2 is 1.43 bits per heavy atom. The first kappa shape index (κ1) is 14.8. The topological polar surface area (TPSA) is 46.6 Å². The van der Waals surface area contributed by atoms with Crippen LogP contribution < -0.4 is 9.64 Å². The maximum Gasteiger partial charge on any atom is 0.150 e. The summed E-state index contributed by atoms with van der Waals surface area (Å²) in [5.41, 5.74) is 2.33. The number of likely N-dealkylation sites (N-methyl/N-ethyl adjacent to an activating group) is 1. The molecule has 0 aliphatic rings. The van der Waals surface area contributed by atoms with Crippen LogP contribution in [0.25, 0.3) is 0 Å². The lowest BCUT2D eigenvalue weighted by molar-refractivity contribution is 0.111. The van der Waals surface area contributed by atoms with Crippen LogP contribution in [0, 0.1) is 0 Å². The van der Waals surface area contributed by atoms with E-state index in [4.69, 9.17) is 4.74 Å². The van der Waals surface area contributed by atoms with Gasteiger partial charge in [-0.2, -0.15) is 0 Å². The molecule has 0 bridgehead atoms. The zero-order valence-electron chi connectivity index (χ0n) is 11.9. The van der Waals surface area contributed by atoms with Crippen molar-refractivity contribution in [2.45, 2.75) is 0 Å². The second kappa shape index (κ2) is 7.24. The summed E-state index contributed by atoms with van der Waals surface area (Å²) in [6, 6.07) is 14.4. The van der Waals surface area contributed by atoms with Crippen LogP contribution in [-0.2, 0) is 0 Å². The maximum atomic E-state index is 10.6. The summed E-state index contributed by atoms with van der Waals surface area (Å²) in [6.45, 7) is 1.25. The van der Waals surface area contributed by atoms with E-state index in [-0.39, 0.29) is 0 Å². The zero-order chi connectivity index (χ0) is 15.1. The Bertz CT molecular complexity index is 590. The maximum absolute atomic E-state index is 10.6. The Labute approximate surface area is 124 Å². The van der Waals surface area contributed by atoms with Crippen LogP contribution in [0.2, 0.25) is 0 Å². The van der Waals surface area contributed by atoms with Gasteiger partial charge in [0, 0.05) is 23.9 Å². The van der Waals surface area contributed by atoms with Gasteiger partial charge >= 0.3 is 0 Å². The second-order valence-corrected chi connectivity index (χ2v) is 4.67. The third-order valence-electron chi connectivity index (χ3n) is 3.18. The van der Waals surface area contributed by atoms with Crippen LogP contribution in [-0.4, -0.2) is 32.8 Å². The monoisotopic (exact) mass is 283 g/mol. The van der Waals surface area contributed by atoms with E-state index >= 15 is 0 Å². The quantitative estimate of drug-likeness (QED) is 0.733. The van der Waals surface area contributed by atoms with Gasteiger partial charge in [0.15, 0.2) is 0 Å². The third kappa shape index (κ3) is 4.18. The van der Waals surface area contributed by atoms with Crippen molar-refractivity contribution >= 4 is 18.3 Å². The highest BCUT2D eigenvalue weighted by Gasteiger charge is 2.01. The highest BCUT2D eigenvalue weighted by atomic mass is 16.5. The lowest BCUT2D eigenvalue weighted by Gasteiger charge is -2.19. The van der Waals surface area contributed by atoms with E-state index < -0.39 is 0 Å². The summed E-state index contributed by atoms with van der Waals surface area (Å²) in [5.74, 6) is 0.741. The molecule has 2 aromatic rings. The summed E-state index contributed by atoms with van der Waals surface area (Å²) in [4.78, 5) is 23.2. The van der Waals surface area contributed by atoms with E-state index in [1.807, 2.05) is 24.1 Å². The molecule has 0 spiro atoms. The number of nitrogens with zero attached hydrogens (tertiary/aromatic N) is 1. The Kier molecular flexibility index (Phi) is 5.10. The van der Waals surface area contributed by atoms with Crippen LogP contribution in [0.3, 0.4) is 0 Å². The third-order valence-corrected chi connectivity index (χ3v) is 3.18. The molecule has 0 aromatic heterocycles. The SMILES string of the molecule is CN(CCOc1ccc(C=O)cc1)c1ccc(C=O)cc1. The molecule has 2 rings (SSSR count). The number of aldehydes is 2. The average molecular weight is 283 g/mol. The molecule has 0 N–H and O–H groups in total. The van der Waals surface area contributed by atoms with Gasteiger partial charge in [-0.05, 0) is 48.5 Å². The predicted molar refractivity (Wildman–Crippen MR) is 82.4 cm³/mol. The van der Waals surface area contributed by atoms with Crippen molar-refractivity contribution in [2.75, 3.05) is 25.1 Å². The molecule has 0 saturated heterocycles. The molecule has 0 aliphatic heterocycles. The Morgan fingerprint density at radius 3 is 1.95 bits per heavy atom. The number of hydrogen-bond acceptors (Lipinski definition) is 4. The molecular formula is C17H17NO3. The molecule has 0 aliphatic carbocycles. The van der Waals surface area contributed by atoms with Crippen molar-refractivity contribution in [3.8, 4) is 5.75 Å². The summed E-state index contributed by atoms with van der Waals surface area (Å²) < 4.78 is 5.63. The first-order valence-corrected chi connectivity index (χ1v) is 6.67. The minimum absolute atomic E-state index is 0.534. The van der Waals surface area contributed by atoms with Crippen LogP contribution in [0.1, 0.15) is 20.7 Å². The van der Waals surface area contributed by atoms with Crippen molar-refractivity contribution in [3.05, 3.63) is 59.7 Å². The highest BCUT2D eigenvalue weighted by molar-refractivity contribution is 5.75. The van der Waals surface area contributed by atoms with Crippen molar-refractivity contribution in [3.63, 3.8) is 0 Å². The normalized spacial score (nSPS) is 9.95. The molecule has 21 heavy (non-hydrogen) atoms. The van der Waals surface area contributed by atoms with Gasteiger partial charge < -0.3 is 9.64 Å². The molecule has 2 aromatic carbocycles. The summed E-state index contributed by atoms with van der Waals surface area (Å²) >= 11 is 0. The minimum Gasteiger partial charge on any atom is -0.492 e. The van der Waals surface area contributed by atoms with Crippen LogP contribution in [0.4, 0.5) is 5.69 Å². The fourth-order valence-corrected chi connectivity index (χ4v) is 1.88. The summed E-state index contributed by atoms with van der Waals surface area (Å²) in [6.07, 6.45) is 1.64. The lowest BCUT2D eigenvalue weighted by Crippen LogP contribution is -2.23. The predicted octanol–water partition coefficient (Wildman–Crippen LogP) is 2.83. The highest BCUT2D eigenvalue weighted by Crippen LogP contribution is 2.14. The van der Waals surface area contributed by atoms with Gasteiger partial charge in [0.2, 0.25) is 0 Å². The van der Waals surface area contributed by atoms with Crippen LogP contribution in [0.15, 0.2) is 48.5 Å². The number of ether oxygens (including phenoxy) is 1. The number of rotatable bonds is 7. The Morgan fingerprint density at radius 1 is 0.905 bits per heavy atom. The van der Waals surface area contributed by atoms with Crippen molar-refractivity contribution in [2.24, 2.45) is 0 Å². The number of hydrogen-bond donors (Lipinski definition) is 0. The fraction of sp³-hybridized carbons (Fsp3) is 0.176. The van der Waals surface area contributed by atoms with Crippen LogP contribution in [0.5, 0.6) is 5.75 Å². The Balaban J connectivity index is 1.83. The molecule has 4 heteroatoms. The van der Waals surface area contributed by atoms with E-state index in [1.54, 1.807) is 36.4 Å². The fourth-order valence-electron chi connectivity index (χ4n) is 1.88. The van der Waals surface area contributed by atoms with Crippen molar-refractivity contribution in [1.29, 1.82) is 0 Å². The number of anilines is 1. The molecule has 0 atom stereocenters. The number of carbonyl (C=O) groups is 2. The summed E-state index contributed by atoms with van der Waals surface area (Å²) in [5, 5.41) is 0. The van der Waals surface area contributed by atoms with Gasteiger partial charge in [0.05, 0.1) is 6.54 Å². The molecule has 4 nitrogen and oxygen atoms in total. The number of carbonyl (C=O) groups excluding carboxylic acids is 2. The molecule has 0 radical (unpaired) electrons. The molecule has 0 heterocycles. The first-order valence-electron chi connectivity index (χ1n) is 6.67. The van der Waals surface area contributed by atoms with E-state index in [2.05, 4.69) is 0 Å². The second-order valence-electron chi connectivity index (χ2n) is 4.67. The zero-order valence-corrected chi connectivity index (χ0v) is 11.9. The van der Waals surface area contributed by atoms with Gasteiger partial charge in [0.25, 0.3) is 0 Å². The standard InChI is InChI=1S/C17H17NO3/c1-18(16-6-2-14(12-19)3-7-16)10-11-21-17-8-4-15(13-20)5-9-17/h2-9,12-13H,10-11H2,1H3. The van der Waals surface area contributed by atoms with Gasteiger partial charge in [-0.3, -0.25) is 9.59 Å². The van der Waals surface area contributed by atoms with Crippen molar-refractivity contribution in [1.82, 2.24) is 0 Å². The molecule has 0 saturated carbocycles. The van der Waals surface area contributed by atoms with Gasteiger partial charge in [-0.25, -0.2) is 0 Å². The molecular weight excluding hydrogens is 266 g/mol. The lowest BCUT2D eigenvalue weighted by atomic mass is 10.2. The van der Waals surface area contributed by atoms with Crippen molar-refractivity contribution < 1.29 is 14.3 Å². The largest absolute Gasteiger partial charge is 0.492 e. The molecule has 108 valence electrons. The van der Waals surface area contributed by atoms with E-state index in [0.717, 1.165) is 30.6 Å². The van der Waals surface area contributed by atoms with E-state index in [1.165, 1.54) is 0 Å². The van der Waals surface area contributed by atoms with Crippen LogP contribution >= 0.6 is 0 Å². The minimum atomic E-state index is 0.534. The Hall–Kier alpha value is -2.62. The smallest absolute Gasteiger partial charge is 0.150 e. The van der Waals surface area contributed by atoms with E-state index in [0.29, 0.717) is 17.7 Å². The number of benzene rings is 2. The molecule has 0 unspecified atom stereocenters. The van der Waals surface area contributed by atoms with E-state index in [9.17, 15) is 9.59 Å². The van der Waals surface area contributed by atoms with Gasteiger partial charge in [0.1, 0.15) is 24.9 Å². The average Bonchev–Trinajstić information content (AvgIpc) is 2.55. The van der Waals surface area contributed by atoms with Gasteiger partial charge in [-0.1, -0.05) is 0 Å². The molecule has 0 fully saturated rings.